The molecular weight excluding hydrogens is 266 g/mol. The quantitative estimate of drug-likeness (QED) is 0.747. The number of hydrogen-bond acceptors (Lipinski definition) is 2. The van der Waals surface area contributed by atoms with Gasteiger partial charge < -0.3 is 4.90 Å². The molecule has 1 aromatic carbocycles. The molecule has 1 atom stereocenters. The molecule has 2 rings (SSSR count). The van der Waals surface area contributed by atoms with Crippen LogP contribution in [0.15, 0.2) is 18.2 Å². The van der Waals surface area contributed by atoms with Gasteiger partial charge in [-0.05, 0) is 31.4 Å². The van der Waals surface area contributed by atoms with Crippen LogP contribution < -0.4 is 0 Å². The molecule has 0 bridgehead atoms. The Kier molecular flexibility index (Phi) is 5.53. The first kappa shape index (κ1) is 15.4. The van der Waals surface area contributed by atoms with Crippen LogP contribution in [0.5, 0.6) is 0 Å². The normalized spacial score (nSPS) is 18.6. The molecule has 0 aliphatic carbocycles. The maximum absolute atomic E-state index is 12.4. The van der Waals surface area contributed by atoms with Crippen LogP contribution in [0.25, 0.3) is 0 Å². The summed E-state index contributed by atoms with van der Waals surface area (Å²) in [6.45, 7) is 7.34. The van der Waals surface area contributed by atoms with Gasteiger partial charge in [-0.1, -0.05) is 43.5 Å². The van der Waals surface area contributed by atoms with Gasteiger partial charge in [0.25, 0.3) is 0 Å². The molecule has 110 valence electrons. The lowest BCUT2D eigenvalue weighted by molar-refractivity contribution is -0.131. The maximum Gasteiger partial charge on any atom is 0.223 e. The molecule has 1 amide bonds. The second kappa shape index (κ2) is 7.16. The smallest absolute Gasteiger partial charge is 0.223 e. The van der Waals surface area contributed by atoms with Gasteiger partial charge in [-0.3, -0.25) is 4.79 Å². The topological polar surface area (TPSA) is 20.3 Å². The highest BCUT2D eigenvalue weighted by Crippen LogP contribution is 2.39. The fraction of sp³-hybridized carbons (Fsp3) is 0.588. The maximum atomic E-state index is 12.4. The van der Waals surface area contributed by atoms with E-state index in [1.807, 2.05) is 11.8 Å². The largest absolute Gasteiger partial charge is 0.326 e. The summed E-state index contributed by atoms with van der Waals surface area (Å²) in [7, 11) is 0. The van der Waals surface area contributed by atoms with Crippen molar-refractivity contribution in [1.82, 2.24) is 4.90 Å². The van der Waals surface area contributed by atoms with E-state index in [-0.39, 0.29) is 5.37 Å². The van der Waals surface area contributed by atoms with E-state index in [4.69, 9.17) is 0 Å². The summed E-state index contributed by atoms with van der Waals surface area (Å²) in [6.07, 6.45) is 4.05. The van der Waals surface area contributed by atoms with Gasteiger partial charge in [0.2, 0.25) is 5.91 Å². The highest BCUT2D eigenvalue weighted by molar-refractivity contribution is 7.99. The highest BCUT2D eigenvalue weighted by atomic mass is 32.2. The molecule has 0 aromatic heterocycles. The Balaban J connectivity index is 2.08. The van der Waals surface area contributed by atoms with Crippen LogP contribution in [0.2, 0.25) is 0 Å². The summed E-state index contributed by atoms with van der Waals surface area (Å²) in [4.78, 5) is 14.5. The first-order chi connectivity index (χ1) is 9.63. The van der Waals surface area contributed by atoms with Gasteiger partial charge >= 0.3 is 0 Å². The first-order valence-electron chi connectivity index (χ1n) is 7.61. The zero-order valence-electron chi connectivity index (χ0n) is 12.8. The third-order valence-electron chi connectivity index (χ3n) is 3.90. The zero-order chi connectivity index (χ0) is 14.5. The number of thioether (sulfide) groups is 1. The predicted molar refractivity (Wildman–Crippen MR) is 87.0 cm³/mol. The summed E-state index contributed by atoms with van der Waals surface area (Å²) < 4.78 is 0. The Morgan fingerprint density at radius 2 is 2.15 bits per heavy atom. The second-order valence-corrected chi connectivity index (χ2v) is 6.82. The Morgan fingerprint density at radius 1 is 1.35 bits per heavy atom. The molecule has 0 radical (unpaired) electrons. The van der Waals surface area contributed by atoms with E-state index in [1.54, 1.807) is 0 Å². The Labute approximate surface area is 126 Å². The van der Waals surface area contributed by atoms with E-state index in [0.29, 0.717) is 12.3 Å². The molecule has 0 N–H and O–H groups in total. The van der Waals surface area contributed by atoms with Gasteiger partial charge in [0.05, 0.1) is 0 Å². The van der Waals surface area contributed by atoms with Gasteiger partial charge in [0.1, 0.15) is 5.37 Å². The number of unbranched alkanes of at least 4 members (excludes halogenated alkanes) is 2. The summed E-state index contributed by atoms with van der Waals surface area (Å²) in [6, 6.07) is 6.56. The highest BCUT2D eigenvalue weighted by Gasteiger charge is 2.30. The monoisotopic (exact) mass is 291 g/mol. The lowest BCUT2D eigenvalue weighted by Crippen LogP contribution is -2.30. The van der Waals surface area contributed by atoms with Crippen molar-refractivity contribution in [2.75, 3.05) is 12.3 Å². The molecule has 1 aliphatic rings. The van der Waals surface area contributed by atoms with Gasteiger partial charge in [-0.15, -0.1) is 11.8 Å². The number of carbonyl (C=O) groups is 1. The standard InChI is InChI=1S/C17H25NOS/c1-4-5-6-7-16(19)18-10-11-20-17(18)15-9-8-13(2)12-14(15)3/h8-9,12,17H,4-7,10-11H2,1-3H3/t17-/m1/s1. The minimum Gasteiger partial charge on any atom is -0.326 e. The molecule has 1 aliphatic heterocycles. The third-order valence-corrected chi connectivity index (χ3v) is 5.14. The molecule has 1 aromatic rings. The van der Waals surface area contributed by atoms with Gasteiger partial charge in [-0.2, -0.15) is 0 Å². The number of nitrogens with zero attached hydrogens (tertiary/aromatic N) is 1. The Bertz CT molecular complexity index is 472. The Morgan fingerprint density at radius 3 is 2.85 bits per heavy atom. The molecule has 2 nitrogen and oxygen atoms in total. The van der Waals surface area contributed by atoms with Crippen LogP contribution in [0, 0.1) is 13.8 Å². The molecule has 1 fully saturated rings. The van der Waals surface area contributed by atoms with Crippen molar-refractivity contribution in [2.24, 2.45) is 0 Å². The van der Waals surface area contributed by atoms with E-state index in [9.17, 15) is 4.79 Å². The lowest BCUT2D eigenvalue weighted by Gasteiger charge is -2.25. The van der Waals surface area contributed by atoms with Crippen molar-refractivity contribution in [1.29, 1.82) is 0 Å². The van der Waals surface area contributed by atoms with E-state index in [0.717, 1.165) is 25.1 Å². The van der Waals surface area contributed by atoms with Crippen molar-refractivity contribution < 1.29 is 4.79 Å². The van der Waals surface area contributed by atoms with Crippen LogP contribution in [0.3, 0.4) is 0 Å². The van der Waals surface area contributed by atoms with Crippen molar-refractivity contribution in [3.63, 3.8) is 0 Å². The lowest BCUT2D eigenvalue weighted by atomic mass is 10.0. The number of carbonyl (C=O) groups excluding carboxylic acids is 1. The van der Waals surface area contributed by atoms with E-state index >= 15 is 0 Å². The zero-order valence-corrected chi connectivity index (χ0v) is 13.6. The Hall–Kier alpha value is -0.960. The van der Waals surface area contributed by atoms with E-state index in [2.05, 4.69) is 43.9 Å². The number of hydrogen-bond donors (Lipinski definition) is 0. The van der Waals surface area contributed by atoms with Crippen LogP contribution in [-0.2, 0) is 4.79 Å². The van der Waals surface area contributed by atoms with Crippen LogP contribution >= 0.6 is 11.8 Å². The van der Waals surface area contributed by atoms with Crippen molar-refractivity contribution in [3.8, 4) is 0 Å². The molecule has 3 heteroatoms. The molecule has 0 unspecified atom stereocenters. The third kappa shape index (κ3) is 3.57. The molecule has 0 saturated carbocycles. The van der Waals surface area contributed by atoms with E-state index < -0.39 is 0 Å². The molecule has 20 heavy (non-hydrogen) atoms. The molecule has 0 spiro atoms. The van der Waals surface area contributed by atoms with Crippen LogP contribution in [0.4, 0.5) is 0 Å². The molecular formula is C17H25NOS. The number of rotatable bonds is 5. The van der Waals surface area contributed by atoms with Crippen molar-refractivity contribution >= 4 is 17.7 Å². The second-order valence-electron chi connectivity index (χ2n) is 5.63. The van der Waals surface area contributed by atoms with Gasteiger partial charge in [-0.25, -0.2) is 0 Å². The van der Waals surface area contributed by atoms with Gasteiger partial charge in [0, 0.05) is 18.7 Å². The number of amides is 1. The summed E-state index contributed by atoms with van der Waals surface area (Å²) >= 11 is 1.90. The van der Waals surface area contributed by atoms with Crippen LogP contribution in [0.1, 0.15) is 54.7 Å². The SMILES string of the molecule is CCCCCC(=O)N1CCS[C@@H]1c1ccc(C)cc1C. The summed E-state index contributed by atoms with van der Waals surface area (Å²) in [5.74, 6) is 1.38. The summed E-state index contributed by atoms with van der Waals surface area (Å²) in [5, 5.41) is 0.227. The minimum absolute atomic E-state index is 0.227. The average molecular weight is 291 g/mol. The van der Waals surface area contributed by atoms with Gasteiger partial charge in [0.15, 0.2) is 0 Å². The minimum atomic E-state index is 0.227. The average Bonchev–Trinajstić information content (AvgIpc) is 2.88. The fourth-order valence-corrected chi connectivity index (χ4v) is 4.13. The summed E-state index contributed by atoms with van der Waals surface area (Å²) in [5.41, 5.74) is 3.90. The predicted octanol–water partition coefficient (Wildman–Crippen LogP) is 4.46. The van der Waals surface area contributed by atoms with Crippen molar-refractivity contribution in [3.05, 3.63) is 34.9 Å². The molecule has 1 saturated heterocycles. The number of benzene rings is 1. The van der Waals surface area contributed by atoms with Crippen molar-refractivity contribution in [2.45, 2.75) is 51.8 Å². The first-order valence-corrected chi connectivity index (χ1v) is 8.66. The van der Waals surface area contributed by atoms with E-state index in [1.165, 1.54) is 23.1 Å². The fourth-order valence-electron chi connectivity index (χ4n) is 2.76. The van der Waals surface area contributed by atoms with Crippen LogP contribution in [-0.4, -0.2) is 23.1 Å². The molecule has 1 heterocycles. The number of aryl methyl sites for hydroxylation is 2.